The van der Waals surface area contributed by atoms with Gasteiger partial charge in [0.2, 0.25) is 0 Å². The first-order valence-corrected chi connectivity index (χ1v) is 8.31. The number of fused-ring (bicyclic) bond motifs is 1. The molecule has 124 valence electrons. The molecule has 0 radical (unpaired) electrons. The molecule has 23 heavy (non-hydrogen) atoms. The normalized spacial score (nSPS) is 17.3. The van der Waals surface area contributed by atoms with Crippen LogP contribution in [0.3, 0.4) is 0 Å². The molecular weight excluding hydrogens is 292 g/mol. The first kappa shape index (κ1) is 15.8. The maximum Gasteiger partial charge on any atom is 0.287 e. The lowest BCUT2D eigenvalue weighted by molar-refractivity contribution is 0.0898. The van der Waals surface area contributed by atoms with E-state index in [-0.39, 0.29) is 11.9 Å². The Labute approximate surface area is 136 Å². The minimum Gasteiger partial charge on any atom is -0.455 e. The smallest absolute Gasteiger partial charge is 0.287 e. The summed E-state index contributed by atoms with van der Waals surface area (Å²) in [5, 5.41) is 3.06. The molecule has 0 saturated carbocycles. The lowest BCUT2D eigenvalue weighted by atomic mass is 10.1. The molecule has 2 aromatic heterocycles. The number of aryl methyl sites for hydroxylation is 1. The molecule has 6 heteroatoms. The number of furan rings is 1. The highest BCUT2D eigenvalue weighted by atomic mass is 16.4. The summed E-state index contributed by atoms with van der Waals surface area (Å²) in [6, 6.07) is 3.77. The van der Waals surface area contributed by atoms with Crippen molar-refractivity contribution in [1.82, 2.24) is 19.8 Å². The molecule has 1 unspecified atom stereocenters. The Balaban J connectivity index is 1.58. The fraction of sp³-hybridized carbons (Fsp3) is 0.529. The van der Waals surface area contributed by atoms with Crippen molar-refractivity contribution in [1.29, 1.82) is 0 Å². The van der Waals surface area contributed by atoms with E-state index in [2.05, 4.69) is 33.6 Å². The Kier molecular flexibility index (Phi) is 4.81. The van der Waals surface area contributed by atoms with Gasteiger partial charge >= 0.3 is 0 Å². The molecular formula is C17H24N4O2. The molecule has 1 aliphatic rings. The van der Waals surface area contributed by atoms with Gasteiger partial charge in [-0.25, -0.2) is 4.98 Å². The van der Waals surface area contributed by atoms with E-state index in [9.17, 15) is 4.79 Å². The third-order valence-corrected chi connectivity index (χ3v) is 4.44. The van der Waals surface area contributed by atoms with Gasteiger partial charge in [0.1, 0.15) is 11.6 Å². The Morgan fingerprint density at radius 3 is 3.04 bits per heavy atom. The number of amides is 1. The minimum absolute atomic E-state index is 0.119. The summed E-state index contributed by atoms with van der Waals surface area (Å²) in [4.78, 5) is 18.9. The molecule has 0 bridgehead atoms. The second-order valence-electron chi connectivity index (χ2n) is 5.93. The lowest BCUT2D eigenvalue weighted by Gasteiger charge is -2.23. The summed E-state index contributed by atoms with van der Waals surface area (Å²) in [5.74, 6) is 2.11. The SMILES string of the molecule is CCN(CC)Cc1ccc(C(=O)NC2CCn3ccnc3C2)o1. The van der Waals surface area contributed by atoms with Crippen LogP contribution in [0.25, 0.3) is 0 Å². The molecule has 3 heterocycles. The topological polar surface area (TPSA) is 63.3 Å². The van der Waals surface area contributed by atoms with Crippen molar-refractivity contribution in [2.45, 2.75) is 45.8 Å². The van der Waals surface area contributed by atoms with E-state index < -0.39 is 0 Å². The standard InChI is InChI=1S/C17H24N4O2/c1-3-20(4-2)12-14-5-6-15(23-14)17(22)19-13-7-9-21-10-8-18-16(21)11-13/h5-6,8,10,13H,3-4,7,9,11-12H2,1-2H3,(H,19,22). The second kappa shape index (κ2) is 7.00. The van der Waals surface area contributed by atoms with Crippen LogP contribution in [0.1, 0.15) is 42.4 Å². The van der Waals surface area contributed by atoms with E-state index >= 15 is 0 Å². The summed E-state index contributed by atoms with van der Waals surface area (Å²) >= 11 is 0. The van der Waals surface area contributed by atoms with Gasteiger partial charge in [-0.3, -0.25) is 9.69 Å². The van der Waals surface area contributed by atoms with Crippen molar-refractivity contribution in [3.05, 3.63) is 41.9 Å². The maximum atomic E-state index is 12.4. The zero-order valence-electron chi connectivity index (χ0n) is 13.8. The fourth-order valence-corrected chi connectivity index (χ4v) is 2.98. The molecule has 0 saturated heterocycles. The number of hydrogen-bond donors (Lipinski definition) is 1. The molecule has 1 atom stereocenters. The Hall–Kier alpha value is -2.08. The molecule has 1 amide bonds. The Bertz CT molecular complexity index is 657. The zero-order valence-corrected chi connectivity index (χ0v) is 13.8. The highest BCUT2D eigenvalue weighted by Gasteiger charge is 2.22. The predicted octanol–water partition coefficient (Wildman–Crippen LogP) is 2.06. The van der Waals surface area contributed by atoms with Gasteiger partial charge in [-0.2, -0.15) is 0 Å². The fourth-order valence-electron chi connectivity index (χ4n) is 2.98. The summed E-state index contributed by atoms with van der Waals surface area (Å²) in [6.45, 7) is 7.80. The maximum absolute atomic E-state index is 12.4. The van der Waals surface area contributed by atoms with E-state index in [1.54, 1.807) is 6.07 Å². The van der Waals surface area contributed by atoms with Gasteiger partial charge in [0.05, 0.1) is 6.54 Å². The Morgan fingerprint density at radius 1 is 1.43 bits per heavy atom. The van der Waals surface area contributed by atoms with Crippen molar-refractivity contribution >= 4 is 5.91 Å². The van der Waals surface area contributed by atoms with Gasteiger partial charge < -0.3 is 14.3 Å². The first-order valence-electron chi connectivity index (χ1n) is 8.31. The largest absolute Gasteiger partial charge is 0.455 e. The molecule has 1 aliphatic heterocycles. The average Bonchev–Trinajstić information content (AvgIpc) is 3.21. The van der Waals surface area contributed by atoms with Gasteiger partial charge in [-0.1, -0.05) is 13.8 Å². The van der Waals surface area contributed by atoms with Crippen molar-refractivity contribution in [3.8, 4) is 0 Å². The molecule has 6 nitrogen and oxygen atoms in total. The Morgan fingerprint density at radius 2 is 2.26 bits per heavy atom. The van der Waals surface area contributed by atoms with E-state index in [1.165, 1.54) is 0 Å². The highest BCUT2D eigenvalue weighted by molar-refractivity contribution is 5.91. The number of imidazole rings is 1. The third kappa shape index (κ3) is 3.64. The van der Waals surface area contributed by atoms with Crippen molar-refractivity contribution in [2.24, 2.45) is 0 Å². The number of carbonyl (C=O) groups is 1. The summed E-state index contributed by atoms with van der Waals surface area (Å²) in [7, 11) is 0. The summed E-state index contributed by atoms with van der Waals surface area (Å²) < 4.78 is 7.84. The van der Waals surface area contributed by atoms with Gasteiger partial charge in [0.15, 0.2) is 5.76 Å². The molecule has 3 rings (SSSR count). The number of aromatic nitrogens is 2. The van der Waals surface area contributed by atoms with E-state index in [4.69, 9.17) is 4.42 Å². The van der Waals surface area contributed by atoms with Crippen molar-refractivity contribution in [2.75, 3.05) is 13.1 Å². The predicted molar refractivity (Wildman–Crippen MR) is 87.1 cm³/mol. The number of hydrogen-bond acceptors (Lipinski definition) is 4. The third-order valence-electron chi connectivity index (χ3n) is 4.44. The first-order chi connectivity index (χ1) is 11.2. The molecule has 2 aromatic rings. The second-order valence-corrected chi connectivity index (χ2v) is 5.93. The minimum atomic E-state index is -0.138. The van der Waals surface area contributed by atoms with Crippen LogP contribution < -0.4 is 5.32 Å². The van der Waals surface area contributed by atoms with Crippen LogP contribution in [0.5, 0.6) is 0 Å². The highest BCUT2D eigenvalue weighted by Crippen LogP contribution is 2.15. The average molecular weight is 316 g/mol. The van der Waals surface area contributed by atoms with Crippen molar-refractivity contribution < 1.29 is 9.21 Å². The van der Waals surface area contributed by atoms with E-state index in [0.717, 1.165) is 50.6 Å². The quantitative estimate of drug-likeness (QED) is 0.886. The van der Waals surface area contributed by atoms with Crippen molar-refractivity contribution in [3.63, 3.8) is 0 Å². The summed E-state index contributed by atoms with van der Waals surface area (Å²) in [5.41, 5.74) is 0. The van der Waals surface area contributed by atoms with Crippen LogP contribution in [-0.2, 0) is 19.5 Å². The van der Waals surface area contributed by atoms with Gasteiger partial charge in [0.25, 0.3) is 5.91 Å². The van der Waals surface area contributed by atoms with Crippen LogP contribution >= 0.6 is 0 Å². The zero-order chi connectivity index (χ0) is 16.2. The van der Waals surface area contributed by atoms with Crippen LogP contribution in [0.2, 0.25) is 0 Å². The van der Waals surface area contributed by atoms with Crippen LogP contribution in [0, 0.1) is 0 Å². The molecule has 0 aromatic carbocycles. The monoisotopic (exact) mass is 316 g/mol. The van der Waals surface area contributed by atoms with Crippen LogP contribution in [0.15, 0.2) is 28.9 Å². The van der Waals surface area contributed by atoms with E-state index in [1.807, 2.05) is 18.5 Å². The van der Waals surface area contributed by atoms with Gasteiger partial charge in [-0.05, 0) is 31.6 Å². The molecule has 0 spiro atoms. The van der Waals surface area contributed by atoms with Gasteiger partial charge in [0, 0.05) is 31.4 Å². The number of carbonyl (C=O) groups excluding carboxylic acids is 1. The van der Waals surface area contributed by atoms with Crippen LogP contribution in [-0.4, -0.2) is 39.5 Å². The number of rotatable bonds is 6. The summed E-state index contributed by atoms with van der Waals surface area (Å²) in [6.07, 6.45) is 5.48. The molecule has 1 N–H and O–H groups in total. The van der Waals surface area contributed by atoms with E-state index in [0.29, 0.717) is 5.76 Å². The van der Waals surface area contributed by atoms with Crippen LogP contribution in [0.4, 0.5) is 0 Å². The molecule has 0 aliphatic carbocycles. The number of nitrogens with one attached hydrogen (secondary N) is 1. The number of nitrogens with zero attached hydrogens (tertiary/aromatic N) is 3. The molecule has 0 fully saturated rings. The lowest BCUT2D eigenvalue weighted by Crippen LogP contribution is -2.40. The van der Waals surface area contributed by atoms with Gasteiger partial charge in [-0.15, -0.1) is 0 Å².